The number of nitrogens with zero attached hydrogens (tertiary/aromatic N) is 2. The van der Waals surface area contributed by atoms with E-state index in [4.69, 9.17) is 0 Å². The lowest BCUT2D eigenvalue weighted by molar-refractivity contribution is -0.141. The number of hydrogen-bond acceptors (Lipinski definition) is 8. The molecule has 0 bridgehead atoms. The standard InChI is InChI=1S/C42H62N8O6/c1-29(43-3)37(51)47-33(41(55)49-25-15-23-35(49)39(53)45-27-31-17-9-7-10-18-31)21-13-5-6-14-22-34(48-38(52)30(2)44-4)42(56)50-26-16-24-36(50)40(54)46-28-32-19-11-8-12-20-32/h7-12,17-20,29-30,33-36,43-44H,5-6,13-16,21-28H2,1-4H3,(H,45,53)(H,46,54)(H,47,51)(H,48,52)/t29-,30-,33-,34-,35-,36-/m0/s1. The molecule has 14 heteroatoms. The number of benzene rings is 2. The summed E-state index contributed by atoms with van der Waals surface area (Å²) in [4.78, 5) is 83.5. The van der Waals surface area contributed by atoms with Crippen molar-refractivity contribution in [1.82, 2.24) is 41.7 Å². The lowest BCUT2D eigenvalue weighted by Gasteiger charge is -2.30. The lowest BCUT2D eigenvalue weighted by atomic mass is 10.0. The van der Waals surface area contributed by atoms with E-state index in [9.17, 15) is 28.8 Å². The molecular formula is C42H62N8O6. The van der Waals surface area contributed by atoms with Crippen LogP contribution in [0.1, 0.15) is 89.2 Å². The van der Waals surface area contributed by atoms with Gasteiger partial charge in [-0.3, -0.25) is 28.8 Å². The maximum Gasteiger partial charge on any atom is 0.245 e. The normalized spacial score (nSPS) is 18.7. The van der Waals surface area contributed by atoms with Crippen molar-refractivity contribution in [2.45, 2.75) is 127 Å². The van der Waals surface area contributed by atoms with Gasteiger partial charge in [0.05, 0.1) is 12.1 Å². The van der Waals surface area contributed by atoms with E-state index in [-0.39, 0.29) is 35.4 Å². The van der Waals surface area contributed by atoms with Crippen molar-refractivity contribution >= 4 is 35.4 Å². The van der Waals surface area contributed by atoms with E-state index < -0.39 is 36.3 Å². The highest BCUT2D eigenvalue weighted by Gasteiger charge is 2.39. The number of nitrogens with one attached hydrogen (secondary N) is 6. The van der Waals surface area contributed by atoms with Gasteiger partial charge in [0.1, 0.15) is 24.2 Å². The van der Waals surface area contributed by atoms with Gasteiger partial charge in [-0.25, -0.2) is 0 Å². The highest BCUT2D eigenvalue weighted by molar-refractivity contribution is 5.94. The van der Waals surface area contributed by atoms with Gasteiger partial charge in [-0.1, -0.05) is 86.3 Å². The van der Waals surface area contributed by atoms with Crippen LogP contribution >= 0.6 is 0 Å². The molecular weight excluding hydrogens is 713 g/mol. The molecule has 0 radical (unpaired) electrons. The first-order chi connectivity index (χ1) is 27.0. The zero-order valence-electron chi connectivity index (χ0n) is 33.5. The molecule has 2 aliphatic heterocycles. The molecule has 2 aromatic carbocycles. The van der Waals surface area contributed by atoms with Crippen molar-refractivity contribution in [3.63, 3.8) is 0 Å². The van der Waals surface area contributed by atoms with Crippen LogP contribution in [0.3, 0.4) is 0 Å². The van der Waals surface area contributed by atoms with E-state index in [1.165, 1.54) is 0 Å². The van der Waals surface area contributed by atoms with Crippen LogP contribution in [0.15, 0.2) is 60.7 Å². The van der Waals surface area contributed by atoms with Gasteiger partial charge < -0.3 is 41.7 Å². The van der Waals surface area contributed by atoms with Crippen LogP contribution in [0, 0.1) is 0 Å². The minimum atomic E-state index is -0.794. The molecule has 56 heavy (non-hydrogen) atoms. The second kappa shape index (κ2) is 22.7. The molecule has 6 N–H and O–H groups in total. The van der Waals surface area contributed by atoms with E-state index in [1.54, 1.807) is 37.7 Å². The van der Waals surface area contributed by atoms with E-state index in [1.807, 2.05) is 60.7 Å². The summed E-state index contributed by atoms with van der Waals surface area (Å²) in [6, 6.07) is 15.4. The summed E-state index contributed by atoms with van der Waals surface area (Å²) in [5, 5.41) is 17.6. The summed E-state index contributed by atoms with van der Waals surface area (Å²) in [6.07, 6.45) is 5.98. The Kier molecular flexibility index (Phi) is 17.8. The summed E-state index contributed by atoms with van der Waals surface area (Å²) < 4.78 is 0. The molecule has 4 rings (SSSR count). The fourth-order valence-electron chi connectivity index (χ4n) is 7.23. The van der Waals surface area contributed by atoms with Crippen LogP contribution in [0.4, 0.5) is 0 Å². The Morgan fingerprint density at radius 3 is 1.32 bits per heavy atom. The monoisotopic (exact) mass is 774 g/mol. The Balaban J connectivity index is 1.33. The zero-order valence-corrected chi connectivity index (χ0v) is 33.5. The molecule has 14 nitrogen and oxygen atoms in total. The van der Waals surface area contributed by atoms with Gasteiger partial charge in [0.25, 0.3) is 0 Å². The minimum absolute atomic E-state index is 0.207. The molecule has 0 saturated carbocycles. The Morgan fingerprint density at radius 2 is 0.964 bits per heavy atom. The number of amides is 6. The highest BCUT2D eigenvalue weighted by Crippen LogP contribution is 2.23. The molecule has 0 aliphatic carbocycles. The number of carbonyl (C=O) groups excluding carboxylic acids is 6. The summed E-state index contributed by atoms with van der Waals surface area (Å²) in [7, 11) is 3.36. The SMILES string of the molecule is CN[C@@H](C)C(=O)N[C@@H](CCCCCC[C@H](NC(=O)[C@H](C)NC)C(=O)N1CCC[C@H]1C(=O)NCc1ccccc1)C(=O)N1CCC[C@H]1C(=O)NCc1ccccc1. The number of unbranched alkanes of at least 4 members (excludes halogenated alkanes) is 3. The van der Waals surface area contributed by atoms with Crippen molar-refractivity contribution in [1.29, 1.82) is 0 Å². The topological polar surface area (TPSA) is 181 Å². The van der Waals surface area contributed by atoms with Crippen LogP contribution < -0.4 is 31.9 Å². The third-order valence-electron chi connectivity index (χ3n) is 10.9. The predicted octanol–water partition coefficient (Wildman–Crippen LogP) is 2.13. The van der Waals surface area contributed by atoms with E-state index in [2.05, 4.69) is 31.9 Å². The Hall–Kier alpha value is -4.82. The first-order valence-corrected chi connectivity index (χ1v) is 20.2. The lowest BCUT2D eigenvalue weighted by Crippen LogP contribution is -2.55. The molecule has 2 heterocycles. The van der Waals surface area contributed by atoms with Gasteiger partial charge in [-0.15, -0.1) is 0 Å². The first kappa shape index (κ1) is 43.9. The van der Waals surface area contributed by atoms with Crippen LogP contribution in [0.5, 0.6) is 0 Å². The fraction of sp³-hybridized carbons (Fsp3) is 0.571. The van der Waals surface area contributed by atoms with Crippen molar-refractivity contribution in [2.75, 3.05) is 27.2 Å². The maximum absolute atomic E-state index is 14.0. The molecule has 0 unspecified atom stereocenters. The Morgan fingerprint density at radius 1 is 0.589 bits per heavy atom. The average Bonchev–Trinajstić information content (AvgIpc) is 3.93. The average molecular weight is 775 g/mol. The van der Waals surface area contributed by atoms with Gasteiger partial charge in [-0.05, 0) is 77.6 Å². The molecule has 0 aromatic heterocycles. The smallest absolute Gasteiger partial charge is 0.245 e. The summed E-state index contributed by atoms with van der Waals surface area (Å²) in [5.41, 5.74) is 1.94. The molecule has 6 atom stereocenters. The molecule has 2 saturated heterocycles. The fourth-order valence-corrected chi connectivity index (χ4v) is 7.23. The van der Waals surface area contributed by atoms with Gasteiger partial charge in [-0.2, -0.15) is 0 Å². The van der Waals surface area contributed by atoms with Crippen molar-refractivity contribution in [3.8, 4) is 0 Å². The van der Waals surface area contributed by atoms with Gasteiger partial charge in [0.2, 0.25) is 35.4 Å². The second-order valence-corrected chi connectivity index (χ2v) is 14.9. The van der Waals surface area contributed by atoms with E-state index in [0.717, 1.165) is 24.0 Å². The molecule has 306 valence electrons. The molecule has 0 spiro atoms. The third kappa shape index (κ3) is 12.9. The minimum Gasteiger partial charge on any atom is -0.350 e. The van der Waals surface area contributed by atoms with Gasteiger partial charge in [0, 0.05) is 26.2 Å². The van der Waals surface area contributed by atoms with Gasteiger partial charge >= 0.3 is 0 Å². The summed E-state index contributed by atoms with van der Waals surface area (Å²) in [6.45, 7) is 5.06. The largest absolute Gasteiger partial charge is 0.350 e. The van der Waals surface area contributed by atoms with Crippen LogP contribution in [0.25, 0.3) is 0 Å². The Bertz CT molecular complexity index is 1480. The predicted molar refractivity (Wildman–Crippen MR) is 215 cm³/mol. The number of likely N-dealkylation sites (tertiary alicyclic amines) is 2. The second-order valence-electron chi connectivity index (χ2n) is 14.9. The van der Waals surface area contributed by atoms with Crippen molar-refractivity contribution in [2.24, 2.45) is 0 Å². The molecule has 6 amide bonds. The van der Waals surface area contributed by atoms with E-state index >= 15 is 0 Å². The van der Waals surface area contributed by atoms with Crippen molar-refractivity contribution in [3.05, 3.63) is 71.8 Å². The van der Waals surface area contributed by atoms with Gasteiger partial charge in [0.15, 0.2) is 0 Å². The third-order valence-corrected chi connectivity index (χ3v) is 10.9. The number of likely N-dealkylation sites (N-methyl/N-ethyl adjacent to an activating group) is 2. The zero-order chi connectivity index (χ0) is 40.5. The summed E-state index contributed by atoms with van der Waals surface area (Å²) >= 11 is 0. The van der Waals surface area contributed by atoms with E-state index in [0.29, 0.717) is 77.5 Å². The first-order valence-electron chi connectivity index (χ1n) is 20.2. The molecule has 2 fully saturated rings. The van der Waals surface area contributed by atoms with Crippen LogP contribution in [-0.4, -0.2) is 109 Å². The van der Waals surface area contributed by atoms with Crippen LogP contribution in [0.2, 0.25) is 0 Å². The number of carbonyl (C=O) groups is 6. The number of rotatable bonds is 21. The molecule has 2 aromatic rings. The van der Waals surface area contributed by atoms with Crippen LogP contribution in [-0.2, 0) is 41.9 Å². The quantitative estimate of drug-likeness (QED) is 0.104. The van der Waals surface area contributed by atoms with Crippen molar-refractivity contribution < 1.29 is 28.8 Å². The maximum atomic E-state index is 14.0. The molecule has 2 aliphatic rings. The highest BCUT2D eigenvalue weighted by atomic mass is 16.2. The number of hydrogen-bond donors (Lipinski definition) is 6. The Labute approximate surface area is 331 Å². The summed E-state index contributed by atoms with van der Waals surface area (Å²) in [5.74, 6) is -1.53.